The van der Waals surface area contributed by atoms with Gasteiger partial charge in [-0.05, 0) is 0 Å². The minimum absolute atomic E-state index is 0.0337. The SMILES string of the molecule is Cn1ncc(C(=O)O)c1N1CC(C(=O)O)CC1=O. The summed E-state index contributed by atoms with van der Waals surface area (Å²) in [5.41, 5.74) is -0.114. The van der Waals surface area contributed by atoms with E-state index in [0.717, 1.165) is 11.1 Å². The molecule has 1 amide bonds. The van der Waals surface area contributed by atoms with Crippen molar-refractivity contribution in [3.8, 4) is 0 Å². The fourth-order valence-electron chi connectivity index (χ4n) is 1.98. The number of carboxylic acids is 2. The summed E-state index contributed by atoms with van der Waals surface area (Å²) in [6.45, 7) is -0.0337. The van der Waals surface area contributed by atoms with Gasteiger partial charge < -0.3 is 10.2 Å². The van der Waals surface area contributed by atoms with Gasteiger partial charge in [-0.1, -0.05) is 0 Å². The van der Waals surface area contributed by atoms with Gasteiger partial charge in [-0.15, -0.1) is 0 Å². The molecule has 1 fully saturated rings. The van der Waals surface area contributed by atoms with E-state index in [1.807, 2.05) is 0 Å². The number of aryl methyl sites for hydroxylation is 1. The normalized spacial score (nSPS) is 19.3. The summed E-state index contributed by atoms with van der Waals surface area (Å²) in [6, 6.07) is 0. The van der Waals surface area contributed by atoms with Crippen molar-refractivity contribution < 1.29 is 24.6 Å². The maximum absolute atomic E-state index is 11.7. The summed E-state index contributed by atoms with van der Waals surface area (Å²) in [5, 5.41) is 21.7. The number of aromatic nitrogens is 2. The van der Waals surface area contributed by atoms with Gasteiger partial charge in [-0.3, -0.25) is 19.2 Å². The number of hydrogen-bond acceptors (Lipinski definition) is 4. The lowest BCUT2D eigenvalue weighted by Crippen LogP contribution is -2.29. The first-order valence-electron chi connectivity index (χ1n) is 5.20. The average molecular weight is 253 g/mol. The molecule has 2 N–H and O–H groups in total. The summed E-state index contributed by atoms with van der Waals surface area (Å²) in [7, 11) is 1.50. The third-order valence-electron chi connectivity index (χ3n) is 2.87. The van der Waals surface area contributed by atoms with Crippen LogP contribution in [0.1, 0.15) is 16.8 Å². The summed E-state index contributed by atoms with van der Waals surface area (Å²) >= 11 is 0. The van der Waals surface area contributed by atoms with E-state index in [-0.39, 0.29) is 24.3 Å². The number of aromatic carboxylic acids is 1. The zero-order chi connectivity index (χ0) is 13.4. The monoisotopic (exact) mass is 253 g/mol. The summed E-state index contributed by atoms with van der Waals surface area (Å²) in [6.07, 6.45) is 1.01. The van der Waals surface area contributed by atoms with Gasteiger partial charge >= 0.3 is 11.9 Å². The van der Waals surface area contributed by atoms with Crippen molar-refractivity contribution in [1.82, 2.24) is 9.78 Å². The van der Waals surface area contributed by atoms with Gasteiger partial charge in [-0.25, -0.2) is 4.79 Å². The van der Waals surface area contributed by atoms with Gasteiger partial charge in [0, 0.05) is 20.0 Å². The standard InChI is InChI=1S/C10H11N3O5/c1-12-8(6(3-11-12)10(17)18)13-4-5(9(15)16)2-7(13)14/h3,5H,2,4H2,1H3,(H,15,16)(H,17,18). The molecule has 1 aromatic rings. The molecule has 1 saturated heterocycles. The summed E-state index contributed by atoms with van der Waals surface area (Å²) < 4.78 is 1.26. The molecule has 0 bridgehead atoms. The van der Waals surface area contributed by atoms with Crippen molar-refractivity contribution in [3.63, 3.8) is 0 Å². The predicted octanol–water partition coefficient (Wildman–Crippen LogP) is -0.444. The van der Waals surface area contributed by atoms with Gasteiger partial charge in [0.05, 0.1) is 12.1 Å². The number of hydrogen-bond donors (Lipinski definition) is 2. The lowest BCUT2D eigenvalue weighted by molar-refractivity contribution is -0.141. The molecule has 1 aliphatic heterocycles. The fraction of sp³-hybridized carbons (Fsp3) is 0.400. The number of carboxylic acid groups (broad SMARTS) is 2. The fourth-order valence-corrected chi connectivity index (χ4v) is 1.98. The Bertz CT molecular complexity index is 536. The highest BCUT2D eigenvalue weighted by Gasteiger charge is 2.38. The van der Waals surface area contributed by atoms with Crippen LogP contribution in [0.25, 0.3) is 0 Å². The Morgan fingerprint density at radius 1 is 1.44 bits per heavy atom. The molecule has 8 nitrogen and oxygen atoms in total. The van der Waals surface area contributed by atoms with Crippen LogP contribution in [0.15, 0.2) is 6.20 Å². The number of aliphatic carboxylic acids is 1. The zero-order valence-corrected chi connectivity index (χ0v) is 9.53. The van der Waals surface area contributed by atoms with Crippen molar-refractivity contribution in [1.29, 1.82) is 0 Å². The second kappa shape index (κ2) is 4.13. The van der Waals surface area contributed by atoms with E-state index >= 15 is 0 Å². The second-order valence-corrected chi connectivity index (χ2v) is 4.05. The minimum Gasteiger partial charge on any atom is -0.481 e. The molecule has 96 valence electrons. The molecular weight excluding hydrogens is 242 g/mol. The van der Waals surface area contributed by atoms with Crippen LogP contribution in [0.5, 0.6) is 0 Å². The maximum Gasteiger partial charge on any atom is 0.341 e. The van der Waals surface area contributed by atoms with E-state index in [0.29, 0.717) is 0 Å². The van der Waals surface area contributed by atoms with Gasteiger partial charge in [0.1, 0.15) is 11.4 Å². The molecule has 1 atom stereocenters. The van der Waals surface area contributed by atoms with Crippen molar-refractivity contribution in [2.75, 3.05) is 11.4 Å². The predicted molar refractivity (Wildman–Crippen MR) is 58.3 cm³/mol. The quantitative estimate of drug-likeness (QED) is 0.754. The van der Waals surface area contributed by atoms with Gasteiger partial charge in [-0.2, -0.15) is 5.10 Å². The van der Waals surface area contributed by atoms with Crippen LogP contribution < -0.4 is 4.90 Å². The molecule has 8 heteroatoms. The topological polar surface area (TPSA) is 113 Å². The Kier molecular flexibility index (Phi) is 2.77. The number of nitrogens with zero attached hydrogens (tertiary/aromatic N) is 3. The average Bonchev–Trinajstić information content (AvgIpc) is 2.81. The van der Waals surface area contributed by atoms with Crippen LogP contribution in [0.4, 0.5) is 5.82 Å². The molecule has 0 spiro atoms. The number of carbonyl (C=O) groups is 3. The molecule has 0 saturated carbocycles. The number of rotatable bonds is 3. The Morgan fingerprint density at radius 2 is 2.11 bits per heavy atom. The Labute approximate surface area is 101 Å². The Morgan fingerprint density at radius 3 is 2.61 bits per heavy atom. The van der Waals surface area contributed by atoms with Crippen LogP contribution in [-0.4, -0.2) is 44.4 Å². The zero-order valence-electron chi connectivity index (χ0n) is 9.53. The molecule has 18 heavy (non-hydrogen) atoms. The molecular formula is C10H11N3O5. The van der Waals surface area contributed by atoms with E-state index in [9.17, 15) is 14.4 Å². The van der Waals surface area contributed by atoms with E-state index in [2.05, 4.69) is 5.10 Å². The summed E-state index contributed by atoms with van der Waals surface area (Å²) in [4.78, 5) is 34.8. The molecule has 0 aromatic carbocycles. The van der Waals surface area contributed by atoms with E-state index in [1.54, 1.807) is 0 Å². The summed E-state index contributed by atoms with van der Waals surface area (Å²) in [5.74, 6) is -3.37. The van der Waals surface area contributed by atoms with Gasteiger partial charge in [0.2, 0.25) is 5.91 Å². The lowest BCUT2D eigenvalue weighted by atomic mass is 10.1. The Balaban J connectivity index is 2.38. The third kappa shape index (κ3) is 1.81. The Hall–Kier alpha value is -2.38. The van der Waals surface area contributed by atoms with Crippen molar-refractivity contribution in [2.24, 2.45) is 13.0 Å². The highest BCUT2D eigenvalue weighted by atomic mass is 16.4. The first-order valence-corrected chi connectivity index (χ1v) is 5.20. The highest BCUT2D eigenvalue weighted by molar-refractivity contribution is 6.03. The lowest BCUT2D eigenvalue weighted by Gasteiger charge is -2.16. The number of anilines is 1. The van der Waals surface area contributed by atoms with E-state index in [1.165, 1.54) is 11.7 Å². The molecule has 2 rings (SSSR count). The van der Waals surface area contributed by atoms with E-state index < -0.39 is 23.8 Å². The van der Waals surface area contributed by atoms with Crippen LogP contribution in [0.3, 0.4) is 0 Å². The third-order valence-corrected chi connectivity index (χ3v) is 2.87. The second-order valence-electron chi connectivity index (χ2n) is 4.05. The van der Waals surface area contributed by atoms with Crippen molar-refractivity contribution >= 4 is 23.7 Å². The van der Waals surface area contributed by atoms with Crippen molar-refractivity contribution in [2.45, 2.75) is 6.42 Å². The molecule has 0 radical (unpaired) electrons. The molecule has 0 aliphatic carbocycles. The first kappa shape index (κ1) is 12.1. The van der Waals surface area contributed by atoms with Crippen LogP contribution in [0.2, 0.25) is 0 Å². The first-order chi connectivity index (χ1) is 8.41. The molecule has 1 unspecified atom stereocenters. The smallest absolute Gasteiger partial charge is 0.341 e. The van der Waals surface area contributed by atoms with Crippen molar-refractivity contribution in [3.05, 3.63) is 11.8 Å². The molecule has 1 aromatic heterocycles. The highest BCUT2D eigenvalue weighted by Crippen LogP contribution is 2.27. The molecule has 1 aliphatic rings. The number of carbonyl (C=O) groups excluding carboxylic acids is 1. The van der Waals surface area contributed by atoms with Crippen LogP contribution in [0, 0.1) is 5.92 Å². The van der Waals surface area contributed by atoms with Gasteiger partial charge in [0.25, 0.3) is 0 Å². The molecule has 2 heterocycles. The number of amides is 1. The maximum atomic E-state index is 11.7. The van der Waals surface area contributed by atoms with Gasteiger partial charge in [0.15, 0.2) is 0 Å². The largest absolute Gasteiger partial charge is 0.481 e. The van der Waals surface area contributed by atoms with Crippen LogP contribution >= 0.6 is 0 Å². The minimum atomic E-state index is -1.20. The van der Waals surface area contributed by atoms with E-state index in [4.69, 9.17) is 10.2 Å². The van der Waals surface area contributed by atoms with Crippen LogP contribution in [-0.2, 0) is 16.6 Å².